The van der Waals surface area contributed by atoms with Gasteiger partial charge in [0.25, 0.3) is 0 Å². The van der Waals surface area contributed by atoms with E-state index in [1.54, 1.807) is 0 Å². The Balaban J connectivity index is 1.09. The van der Waals surface area contributed by atoms with Gasteiger partial charge < -0.3 is 35.0 Å². The maximum absolute atomic E-state index is 12.3. The molecule has 53 heavy (non-hydrogen) atoms. The minimum atomic E-state index is -0.877. The molecular formula is C43H49ClN2O7. The van der Waals surface area contributed by atoms with Crippen LogP contribution in [0.3, 0.4) is 0 Å². The van der Waals surface area contributed by atoms with Crippen molar-refractivity contribution in [1.29, 1.82) is 0 Å². The smallest absolute Gasteiger partial charge is 0.303 e. The van der Waals surface area contributed by atoms with E-state index in [2.05, 4.69) is 28.4 Å². The molecule has 4 aromatic rings. The zero-order valence-electron chi connectivity index (χ0n) is 30.0. The summed E-state index contributed by atoms with van der Waals surface area (Å²) in [6.07, 6.45) is 3.54. The number of aliphatic hydroxyl groups excluding tert-OH is 1. The van der Waals surface area contributed by atoms with Crippen LogP contribution < -0.4 is 5.32 Å². The summed E-state index contributed by atoms with van der Waals surface area (Å²) in [6, 6.07) is 31.7. The Morgan fingerprint density at radius 1 is 0.811 bits per heavy atom. The highest BCUT2D eigenvalue weighted by Crippen LogP contribution is 2.40. The second-order valence-electron chi connectivity index (χ2n) is 14.2. The number of halogens is 1. The number of nitrogens with one attached hydrogen (secondary N) is 1. The lowest BCUT2D eigenvalue weighted by Crippen LogP contribution is -2.46. The highest BCUT2D eigenvalue weighted by molar-refractivity contribution is 6.30. The number of carboxylic acids is 1. The molecule has 6 rings (SSSR count). The molecule has 0 aromatic heterocycles. The minimum absolute atomic E-state index is 0.0149. The molecule has 4 N–H and O–H groups in total. The van der Waals surface area contributed by atoms with E-state index in [1.807, 2.05) is 78.9 Å². The molecule has 0 radical (unpaired) electrons. The molecule has 0 spiro atoms. The van der Waals surface area contributed by atoms with Gasteiger partial charge in [-0.3, -0.25) is 9.59 Å². The van der Waals surface area contributed by atoms with E-state index in [1.165, 1.54) is 0 Å². The lowest BCUT2D eigenvalue weighted by Gasteiger charge is -2.42. The molecule has 280 valence electrons. The van der Waals surface area contributed by atoms with Gasteiger partial charge in [0, 0.05) is 56.0 Å². The number of nitrogens with zero attached hydrogens (tertiary/aromatic N) is 1. The molecule has 9 nitrogen and oxygen atoms in total. The Hall–Kier alpha value is -4.09. The summed E-state index contributed by atoms with van der Waals surface area (Å²) in [5.74, 6) is -0.845. The maximum atomic E-state index is 12.3. The van der Waals surface area contributed by atoms with Gasteiger partial charge in [0.2, 0.25) is 5.91 Å². The van der Waals surface area contributed by atoms with Crippen LogP contribution in [0.5, 0.6) is 0 Å². The second kappa shape index (κ2) is 18.3. The summed E-state index contributed by atoms with van der Waals surface area (Å²) in [6.45, 7) is 2.61. The van der Waals surface area contributed by atoms with Gasteiger partial charge in [0.05, 0.1) is 24.4 Å². The molecule has 4 aromatic carbocycles. The van der Waals surface area contributed by atoms with E-state index in [4.69, 9.17) is 26.2 Å². The monoisotopic (exact) mass is 740 g/mol. The Labute approximate surface area is 316 Å². The number of unbranched alkanes of at least 4 members (excludes halogenated alkanes) is 2. The quantitative estimate of drug-likeness (QED) is 0.0915. The minimum Gasteiger partial charge on any atom is -0.481 e. The zero-order chi connectivity index (χ0) is 37.2. The fraction of sp³-hybridized carbons (Fsp3) is 0.395. The number of hydrogen-bond donors (Lipinski definition) is 4. The number of likely N-dealkylation sites (tertiary alicyclic amines) is 1. The van der Waals surface area contributed by atoms with Crippen LogP contribution in [-0.4, -0.2) is 57.8 Å². The van der Waals surface area contributed by atoms with Crippen LogP contribution in [0.15, 0.2) is 97.1 Å². The van der Waals surface area contributed by atoms with Crippen LogP contribution in [0.25, 0.3) is 11.1 Å². The first-order chi connectivity index (χ1) is 25.7. The van der Waals surface area contributed by atoms with Crippen molar-refractivity contribution in [3.63, 3.8) is 0 Å². The Morgan fingerprint density at radius 3 is 2.21 bits per heavy atom. The lowest BCUT2D eigenvalue weighted by atomic mass is 9.84. The summed E-state index contributed by atoms with van der Waals surface area (Å²) in [5.41, 5.74) is 5.88. The first-order valence-corrected chi connectivity index (χ1v) is 18.9. The zero-order valence-corrected chi connectivity index (χ0v) is 30.7. The topological polar surface area (TPSA) is 129 Å². The van der Waals surface area contributed by atoms with Gasteiger partial charge in [0.15, 0.2) is 6.29 Å². The molecule has 0 saturated carbocycles. The van der Waals surface area contributed by atoms with Crippen LogP contribution in [0, 0.1) is 0 Å². The number of amides is 1. The number of aliphatic carboxylic acids is 1. The molecule has 2 fully saturated rings. The van der Waals surface area contributed by atoms with Crippen molar-refractivity contribution in [2.24, 2.45) is 0 Å². The fourth-order valence-electron chi connectivity index (χ4n) is 7.20. The van der Waals surface area contributed by atoms with Gasteiger partial charge in [-0.15, -0.1) is 0 Å². The van der Waals surface area contributed by atoms with Gasteiger partial charge in [-0.25, -0.2) is 0 Å². The maximum Gasteiger partial charge on any atom is 0.303 e. The van der Waals surface area contributed by atoms with Crippen molar-refractivity contribution >= 4 is 23.5 Å². The number of ether oxygens (including phenoxy) is 2. The number of carbonyl (C=O) groups is 2. The van der Waals surface area contributed by atoms with Crippen LogP contribution >= 0.6 is 11.6 Å². The summed E-state index contributed by atoms with van der Waals surface area (Å²) < 4.78 is 13.2. The number of piperidine rings is 1. The Morgan fingerprint density at radius 2 is 1.51 bits per heavy atom. The molecule has 1 amide bonds. The van der Waals surface area contributed by atoms with Crippen molar-refractivity contribution < 1.29 is 34.4 Å². The van der Waals surface area contributed by atoms with Gasteiger partial charge in [-0.1, -0.05) is 96.9 Å². The number of benzene rings is 4. The average molecular weight is 741 g/mol. The van der Waals surface area contributed by atoms with E-state index in [0.29, 0.717) is 56.6 Å². The van der Waals surface area contributed by atoms with Crippen molar-refractivity contribution in [1.82, 2.24) is 10.2 Å². The first kappa shape index (κ1) is 38.6. The van der Waals surface area contributed by atoms with E-state index in [-0.39, 0.29) is 31.1 Å². The Bertz CT molecular complexity index is 1790. The molecule has 0 bridgehead atoms. The number of carboxylic acid groups (broad SMARTS) is 1. The van der Waals surface area contributed by atoms with Gasteiger partial charge in [-0.05, 0) is 77.3 Å². The number of aliphatic hydroxyl groups is 2. The molecule has 2 aliphatic heterocycles. The molecule has 0 unspecified atom stereocenters. The highest BCUT2D eigenvalue weighted by atomic mass is 35.5. The number of rotatable bonds is 15. The second-order valence-corrected chi connectivity index (χ2v) is 14.7. The fourth-order valence-corrected chi connectivity index (χ4v) is 7.32. The summed E-state index contributed by atoms with van der Waals surface area (Å²) >= 11 is 6.09. The molecule has 2 heterocycles. The first-order valence-electron chi connectivity index (χ1n) is 18.6. The van der Waals surface area contributed by atoms with Crippen LogP contribution in [0.1, 0.15) is 91.6 Å². The Kier molecular flexibility index (Phi) is 13.3. The van der Waals surface area contributed by atoms with Crippen LogP contribution in [0.2, 0.25) is 5.02 Å². The summed E-state index contributed by atoms with van der Waals surface area (Å²) in [5, 5.41) is 33.4. The lowest BCUT2D eigenvalue weighted by molar-refractivity contribution is -0.253. The third-order valence-corrected chi connectivity index (χ3v) is 10.6. The average Bonchev–Trinajstić information content (AvgIpc) is 3.18. The molecular weight excluding hydrogens is 692 g/mol. The SMILES string of the molecule is O=C(O)CCCCCC(=O)NCc1cccc(-c2ccc([C@H]3O[C@@H](CN4CCC(O)(c5ccc(Cl)cc5)CC4)C[C@@H](c4ccc(CO)cc4)O3)cc2)c1. The van der Waals surface area contributed by atoms with E-state index < -0.39 is 17.9 Å². The predicted octanol–water partition coefficient (Wildman–Crippen LogP) is 7.68. The van der Waals surface area contributed by atoms with Crippen LogP contribution in [-0.2, 0) is 37.8 Å². The normalized spacial score (nSPS) is 20.2. The van der Waals surface area contributed by atoms with Crippen molar-refractivity contribution in [2.45, 2.75) is 88.6 Å². The van der Waals surface area contributed by atoms with Crippen molar-refractivity contribution in [3.8, 4) is 11.1 Å². The van der Waals surface area contributed by atoms with Crippen LogP contribution in [0.4, 0.5) is 0 Å². The number of hydrogen-bond acceptors (Lipinski definition) is 7. The largest absolute Gasteiger partial charge is 0.481 e. The predicted molar refractivity (Wildman–Crippen MR) is 204 cm³/mol. The summed E-state index contributed by atoms with van der Waals surface area (Å²) in [7, 11) is 0. The van der Waals surface area contributed by atoms with E-state index in [0.717, 1.165) is 58.5 Å². The molecule has 0 aliphatic carbocycles. The van der Waals surface area contributed by atoms with Crippen molar-refractivity contribution in [2.75, 3.05) is 19.6 Å². The summed E-state index contributed by atoms with van der Waals surface area (Å²) in [4.78, 5) is 25.4. The van der Waals surface area contributed by atoms with Gasteiger partial charge in [0.1, 0.15) is 0 Å². The number of carbonyl (C=O) groups excluding carboxylic acids is 1. The molecule has 2 saturated heterocycles. The van der Waals surface area contributed by atoms with E-state index >= 15 is 0 Å². The van der Waals surface area contributed by atoms with E-state index in [9.17, 15) is 19.8 Å². The third kappa shape index (κ3) is 10.8. The van der Waals surface area contributed by atoms with Gasteiger partial charge in [-0.2, -0.15) is 0 Å². The van der Waals surface area contributed by atoms with Crippen molar-refractivity contribution in [3.05, 3.63) is 130 Å². The van der Waals surface area contributed by atoms with Gasteiger partial charge >= 0.3 is 5.97 Å². The molecule has 2 aliphatic rings. The highest BCUT2D eigenvalue weighted by Gasteiger charge is 2.37. The third-order valence-electron chi connectivity index (χ3n) is 10.4. The standard InChI is InChI=1S/C43H49ClN2O7/c44-37-19-17-36(18-20-37)43(51)21-23-46(24-22-43)28-38-26-39(33-11-9-30(29-47)10-12-33)53-42(52-38)34-15-13-32(14-16-34)35-6-4-5-31(25-35)27-45-40(48)7-2-1-3-8-41(49)50/h4-6,9-20,25,38-39,42,47,51H,1-3,7-8,21-24,26-29H2,(H,45,48)(H,49,50)/t38-,39+,42+/m1/s1. The molecule has 3 atom stereocenters. The molecule has 10 heteroatoms.